The fraction of sp³-hybridized carbons (Fsp3) is 0.400. The van der Waals surface area contributed by atoms with Crippen LogP contribution in [0.2, 0.25) is 0 Å². The van der Waals surface area contributed by atoms with Gasteiger partial charge in [0, 0.05) is 18.2 Å². The lowest BCUT2D eigenvalue weighted by molar-refractivity contribution is -0.126. The second-order valence-electron chi connectivity index (χ2n) is 6.89. The van der Waals surface area contributed by atoms with Gasteiger partial charge in [-0.25, -0.2) is 4.98 Å². The molecule has 2 aliphatic rings. The van der Waals surface area contributed by atoms with Crippen LogP contribution in [0.15, 0.2) is 42.5 Å². The number of pyridine rings is 1. The van der Waals surface area contributed by atoms with Crippen molar-refractivity contribution in [3.8, 4) is 5.75 Å². The third kappa shape index (κ3) is 3.37. The Morgan fingerprint density at radius 1 is 1.19 bits per heavy atom. The van der Waals surface area contributed by atoms with Crippen molar-refractivity contribution in [1.29, 1.82) is 0 Å². The van der Waals surface area contributed by atoms with Crippen LogP contribution in [0.3, 0.4) is 0 Å². The molecule has 0 radical (unpaired) electrons. The average Bonchev–Trinajstić information content (AvgIpc) is 2.68. The van der Waals surface area contributed by atoms with Crippen LogP contribution in [0, 0.1) is 0 Å². The number of nitrogens with one attached hydrogen (secondary N) is 1. The molecule has 2 unspecified atom stereocenters. The van der Waals surface area contributed by atoms with E-state index in [0.717, 1.165) is 24.9 Å². The molecule has 2 atom stereocenters. The zero-order valence-electron chi connectivity index (χ0n) is 14.7. The van der Waals surface area contributed by atoms with Gasteiger partial charge in [-0.3, -0.25) is 9.69 Å². The number of nitrogens with two attached hydrogens (primary N) is 1. The summed E-state index contributed by atoms with van der Waals surface area (Å²) in [6.07, 6.45) is 3.86. The van der Waals surface area contributed by atoms with Crippen molar-refractivity contribution < 1.29 is 9.53 Å². The van der Waals surface area contributed by atoms with Crippen molar-refractivity contribution in [2.24, 2.45) is 0 Å². The summed E-state index contributed by atoms with van der Waals surface area (Å²) < 4.78 is 5.98. The minimum absolute atomic E-state index is 0.0855. The van der Waals surface area contributed by atoms with Gasteiger partial charge >= 0.3 is 0 Å². The number of amides is 1. The highest BCUT2D eigenvalue weighted by Gasteiger charge is 2.36. The summed E-state index contributed by atoms with van der Waals surface area (Å²) >= 11 is 0. The summed E-state index contributed by atoms with van der Waals surface area (Å²) in [4.78, 5) is 19.3. The largest absolute Gasteiger partial charge is 0.472 e. The van der Waals surface area contributed by atoms with Gasteiger partial charge < -0.3 is 15.8 Å². The van der Waals surface area contributed by atoms with Crippen LogP contribution in [0.1, 0.15) is 37.4 Å². The van der Waals surface area contributed by atoms with Crippen LogP contribution in [-0.4, -0.2) is 30.0 Å². The Kier molecular flexibility index (Phi) is 4.75. The van der Waals surface area contributed by atoms with E-state index < -0.39 is 6.10 Å². The van der Waals surface area contributed by atoms with Crippen molar-refractivity contribution in [3.63, 3.8) is 0 Å². The molecule has 4 rings (SSSR count). The molecule has 3 N–H and O–H groups in total. The highest BCUT2D eigenvalue weighted by Crippen LogP contribution is 2.38. The molecular formula is C20H24N4O2. The number of hydrogen-bond donors (Lipinski definition) is 2. The van der Waals surface area contributed by atoms with Gasteiger partial charge in [0.1, 0.15) is 5.82 Å². The second-order valence-corrected chi connectivity index (χ2v) is 6.89. The highest BCUT2D eigenvalue weighted by atomic mass is 16.5. The Hall–Kier alpha value is -2.60. The molecule has 0 aliphatic carbocycles. The van der Waals surface area contributed by atoms with Crippen LogP contribution in [0.25, 0.3) is 0 Å². The van der Waals surface area contributed by atoms with E-state index in [1.165, 1.54) is 12.8 Å². The average molecular weight is 352 g/mol. The Balaban J connectivity index is 1.61. The fourth-order valence-electron chi connectivity index (χ4n) is 3.67. The zero-order chi connectivity index (χ0) is 17.9. The summed E-state index contributed by atoms with van der Waals surface area (Å²) in [6.45, 7) is 1.66. The minimum Gasteiger partial charge on any atom is -0.472 e. The number of nitrogens with zero attached hydrogens (tertiary/aromatic N) is 2. The minimum atomic E-state index is -0.645. The smallest absolute Gasteiger partial charge is 0.274 e. The predicted molar refractivity (Wildman–Crippen MR) is 101 cm³/mol. The first kappa shape index (κ1) is 16.8. The summed E-state index contributed by atoms with van der Waals surface area (Å²) in [6, 6.07) is 13.5. The second kappa shape index (κ2) is 7.33. The van der Waals surface area contributed by atoms with Gasteiger partial charge in [-0.15, -0.1) is 0 Å². The topological polar surface area (TPSA) is 80.5 Å². The van der Waals surface area contributed by atoms with E-state index in [4.69, 9.17) is 10.5 Å². The van der Waals surface area contributed by atoms with Gasteiger partial charge in [0.25, 0.3) is 5.91 Å². The molecule has 1 aromatic carbocycles. The quantitative estimate of drug-likeness (QED) is 0.884. The number of rotatable bonds is 4. The van der Waals surface area contributed by atoms with Crippen molar-refractivity contribution >= 4 is 17.5 Å². The van der Waals surface area contributed by atoms with E-state index in [-0.39, 0.29) is 5.91 Å². The fourth-order valence-corrected chi connectivity index (χ4v) is 3.67. The van der Waals surface area contributed by atoms with Crippen LogP contribution >= 0.6 is 0 Å². The zero-order valence-corrected chi connectivity index (χ0v) is 14.7. The van der Waals surface area contributed by atoms with E-state index in [9.17, 15) is 4.79 Å². The number of anilines is 2. The predicted octanol–water partition coefficient (Wildman–Crippen LogP) is 2.66. The lowest BCUT2D eigenvalue weighted by Gasteiger charge is -2.35. The molecule has 2 aliphatic heterocycles. The molecular weight excluding hydrogens is 328 g/mol. The van der Waals surface area contributed by atoms with Crippen molar-refractivity contribution in [1.82, 2.24) is 10.3 Å². The van der Waals surface area contributed by atoms with Gasteiger partial charge in [-0.1, -0.05) is 36.8 Å². The maximum Gasteiger partial charge on any atom is 0.274 e. The summed E-state index contributed by atoms with van der Waals surface area (Å²) in [5.74, 6) is 1.43. The molecule has 26 heavy (non-hydrogen) atoms. The first-order valence-corrected chi connectivity index (χ1v) is 9.25. The molecule has 6 nitrogen and oxygen atoms in total. The molecule has 3 heterocycles. The van der Waals surface area contributed by atoms with E-state index >= 15 is 0 Å². The van der Waals surface area contributed by atoms with Gasteiger partial charge in [-0.2, -0.15) is 0 Å². The molecule has 2 aromatic rings. The van der Waals surface area contributed by atoms with Gasteiger partial charge in [-0.05, 0) is 37.9 Å². The lowest BCUT2D eigenvalue weighted by atomic mass is 10.0. The highest BCUT2D eigenvalue weighted by molar-refractivity contribution is 5.99. The number of nitrogen functional groups attached to an aromatic ring is 1. The number of aromatic nitrogens is 1. The van der Waals surface area contributed by atoms with Crippen molar-refractivity contribution in [3.05, 3.63) is 48.0 Å². The van der Waals surface area contributed by atoms with E-state index in [1.807, 2.05) is 30.3 Å². The molecule has 1 fully saturated rings. The third-order valence-electron chi connectivity index (χ3n) is 5.07. The Labute approximate surface area is 153 Å². The number of carbonyl (C=O) groups is 1. The summed E-state index contributed by atoms with van der Waals surface area (Å²) in [5, 5.41) is 3.54. The Morgan fingerprint density at radius 2 is 2.04 bits per heavy atom. The lowest BCUT2D eigenvalue weighted by Crippen LogP contribution is -2.45. The number of piperidine rings is 1. The molecule has 136 valence electrons. The number of hydrogen-bond acceptors (Lipinski definition) is 5. The summed E-state index contributed by atoms with van der Waals surface area (Å²) in [5.41, 5.74) is 6.71. The van der Waals surface area contributed by atoms with E-state index in [1.54, 1.807) is 17.0 Å². The van der Waals surface area contributed by atoms with Crippen molar-refractivity contribution in [2.45, 2.75) is 37.8 Å². The van der Waals surface area contributed by atoms with Crippen LogP contribution in [-0.2, 0) is 4.79 Å². The van der Waals surface area contributed by atoms with Gasteiger partial charge in [0.15, 0.2) is 11.6 Å². The molecule has 1 amide bonds. The first-order chi connectivity index (χ1) is 12.7. The first-order valence-electron chi connectivity index (χ1n) is 9.25. The van der Waals surface area contributed by atoms with Crippen LogP contribution in [0.5, 0.6) is 5.75 Å². The standard InChI is InChI=1S/C20H24N4O2/c21-17-10-9-16-19(23-17)24(13-11-15-8-4-5-12-22-15)20(25)18(26-16)14-6-2-1-3-7-14/h1-3,6-7,9-10,15,18,22H,4-5,8,11-13H2,(H2,21,23). The molecule has 1 aromatic heterocycles. The van der Waals surface area contributed by atoms with Crippen LogP contribution in [0.4, 0.5) is 11.6 Å². The van der Waals surface area contributed by atoms with Crippen LogP contribution < -0.4 is 20.7 Å². The third-order valence-corrected chi connectivity index (χ3v) is 5.07. The molecule has 6 heteroatoms. The summed E-state index contributed by atoms with van der Waals surface area (Å²) in [7, 11) is 0. The van der Waals surface area contributed by atoms with Gasteiger partial charge in [0.2, 0.25) is 6.10 Å². The molecule has 0 saturated carbocycles. The maximum absolute atomic E-state index is 13.2. The van der Waals surface area contributed by atoms with E-state index in [0.29, 0.717) is 30.0 Å². The molecule has 0 bridgehead atoms. The number of benzene rings is 1. The Morgan fingerprint density at radius 3 is 2.81 bits per heavy atom. The Bertz CT molecular complexity index is 775. The number of ether oxygens (including phenoxy) is 1. The van der Waals surface area contributed by atoms with Crippen molar-refractivity contribution in [2.75, 3.05) is 23.7 Å². The van der Waals surface area contributed by atoms with Gasteiger partial charge in [0.05, 0.1) is 0 Å². The molecule has 1 saturated heterocycles. The number of fused-ring (bicyclic) bond motifs is 1. The monoisotopic (exact) mass is 352 g/mol. The number of carbonyl (C=O) groups excluding carboxylic acids is 1. The maximum atomic E-state index is 13.2. The normalized spacial score (nSPS) is 22.6. The SMILES string of the molecule is Nc1ccc2c(n1)N(CCC1CCCCN1)C(=O)C(c1ccccc1)O2. The molecule has 0 spiro atoms. The van der Waals surface area contributed by atoms with E-state index in [2.05, 4.69) is 10.3 Å².